The third-order valence-electron chi connectivity index (χ3n) is 2.15. The van der Waals surface area contributed by atoms with Gasteiger partial charge in [0.1, 0.15) is 0 Å². The molecule has 0 aromatic heterocycles. The molecule has 0 fully saturated rings. The summed E-state index contributed by atoms with van der Waals surface area (Å²) >= 11 is 0. The van der Waals surface area contributed by atoms with E-state index in [9.17, 15) is 0 Å². The minimum Gasteiger partial charge on any atom is -0.377 e. The highest BCUT2D eigenvalue weighted by molar-refractivity contribution is 5.06. The number of ether oxygens (including phenoxy) is 1. The summed E-state index contributed by atoms with van der Waals surface area (Å²) in [6, 6.07) is 0. The molecule has 0 saturated heterocycles. The lowest BCUT2D eigenvalue weighted by atomic mass is 10.0. The molecule has 1 heteroatoms. The first-order valence-corrected chi connectivity index (χ1v) is 4.95. The topological polar surface area (TPSA) is 9.23 Å². The van der Waals surface area contributed by atoms with Crippen LogP contribution < -0.4 is 0 Å². The number of rotatable bonds is 6. The van der Waals surface area contributed by atoms with Crippen molar-refractivity contribution in [2.45, 2.75) is 46.1 Å². The molecule has 0 N–H and O–H groups in total. The molecular formula is C12H22O. The highest BCUT2D eigenvalue weighted by Crippen LogP contribution is 2.15. The van der Waals surface area contributed by atoms with Crippen molar-refractivity contribution < 1.29 is 4.74 Å². The van der Waals surface area contributed by atoms with Crippen LogP contribution in [0.1, 0.15) is 40.0 Å². The van der Waals surface area contributed by atoms with Crippen molar-refractivity contribution in [2.24, 2.45) is 0 Å². The Labute approximate surface area is 82.5 Å². The normalized spacial score (nSPS) is 14.3. The molecule has 1 nitrogen and oxygen atoms in total. The molecule has 0 saturated carbocycles. The van der Waals surface area contributed by atoms with Gasteiger partial charge >= 0.3 is 0 Å². The van der Waals surface area contributed by atoms with Gasteiger partial charge in [-0.05, 0) is 38.7 Å². The number of hydrogen-bond acceptors (Lipinski definition) is 1. The van der Waals surface area contributed by atoms with Crippen LogP contribution in [-0.2, 0) is 4.74 Å². The molecule has 0 aliphatic carbocycles. The smallest absolute Gasteiger partial charge is 0.0781 e. The number of allylic oxidation sites excluding steroid dienone is 2. The first-order valence-electron chi connectivity index (χ1n) is 4.95. The van der Waals surface area contributed by atoms with Gasteiger partial charge in [-0.15, -0.1) is 6.58 Å². The van der Waals surface area contributed by atoms with E-state index < -0.39 is 0 Å². The predicted molar refractivity (Wildman–Crippen MR) is 58.9 cm³/mol. The van der Waals surface area contributed by atoms with E-state index in [1.807, 2.05) is 0 Å². The molecule has 1 unspecified atom stereocenters. The Kier molecular flexibility index (Phi) is 6.61. The lowest BCUT2D eigenvalue weighted by Gasteiger charge is -2.16. The standard InChI is InChI=1S/C12H22O/c1-6-7-11(4)12(13-5)9-8-10(2)3/h7,12H,2,6,8-9H2,1,3-5H3. The van der Waals surface area contributed by atoms with Gasteiger partial charge in [-0.2, -0.15) is 0 Å². The molecule has 0 heterocycles. The van der Waals surface area contributed by atoms with E-state index in [1.165, 1.54) is 11.1 Å². The molecule has 0 aliphatic rings. The average Bonchev–Trinajstić information content (AvgIpc) is 2.05. The Morgan fingerprint density at radius 2 is 2.08 bits per heavy atom. The summed E-state index contributed by atoms with van der Waals surface area (Å²) in [6.45, 7) is 10.2. The molecule has 76 valence electrons. The minimum atomic E-state index is 0.275. The molecule has 1 atom stereocenters. The second-order valence-electron chi connectivity index (χ2n) is 3.58. The van der Waals surface area contributed by atoms with Gasteiger partial charge in [0.2, 0.25) is 0 Å². The predicted octanol–water partition coefficient (Wildman–Crippen LogP) is 3.71. The van der Waals surface area contributed by atoms with Crippen LogP contribution in [0.2, 0.25) is 0 Å². The summed E-state index contributed by atoms with van der Waals surface area (Å²) in [5.41, 5.74) is 2.57. The van der Waals surface area contributed by atoms with Crippen LogP contribution in [0.3, 0.4) is 0 Å². The summed E-state index contributed by atoms with van der Waals surface area (Å²) < 4.78 is 5.41. The van der Waals surface area contributed by atoms with E-state index in [0.29, 0.717) is 0 Å². The van der Waals surface area contributed by atoms with E-state index in [4.69, 9.17) is 4.74 Å². The third kappa shape index (κ3) is 5.64. The van der Waals surface area contributed by atoms with E-state index in [1.54, 1.807) is 7.11 Å². The van der Waals surface area contributed by atoms with Gasteiger partial charge in [-0.1, -0.05) is 18.6 Å². The highest BCUT2D eigenvalue weighted by atomic mass is 16.5. The molecule has 0 aliphatic heterocycles. The molecule has 0 spiro atoms. The quantitative estimate of drug-likeness (QED) is 0.569. The number of hydrogen-bond donors (Lipinski definition) is 0. The fourth-order valence-electron chi connectivity index (χ4n) is 1.36. The van der Waals surface area contributed by atoms with Gasteiger partial charge < -0.3 is 4.74 Å². The molecule has 13 heavy (non-hydrogen) atoms. The van der Waals surface area contributed by atoms with Crippen LogP contribution >= 0.6 is 0 Å². The Hall–Kier alpha value is -0.560. The van der Waals surface area contributed by atoms with Crippen LogP contribution in [0, 0.1) is 0 Å². The largest absolute Gasteiger partial charge is 0.377 e. The Morgan fingerprint density at radius 1 is 1.46 bits per heavy atom. The molecule has 0 radical (unpaired) electrons. The maximum absolute atomic E-state index is 5.41. The zero-order valence-electron chi connectivity index (χ0n) is 9.39. The molecule has 0 bridgehead atoms. The van der Waals surface area contributed by atoms with Gasteiger partial charge in [-0.3, -0.25) is 0 Å². The summed E-state index contributed by atoms with van der Waals surface area (Å²) in [4.78, 5) is 0. The molecule has 0 amide bonds. The lowest BCUT2D eigenvalue weighted by molar-refractivity contribution is 0.124. The van der Waals surface area contributed by atoms with Gasteiger partial charge in [-0.25, -0.2) is 0 Å². The third-order valence-corrected chi connectivity index (χ3v) is 2.15. The van der Waals surface area contributed by atoms with Crippen molar-refractivity contribution in [3.63, 3.8) is 0 Å². The summed E-state index contributed by atoms with van der Waals surface area (Å²) in [6.07, 6.45) is 5.68. The van der Waals surface area contributed by atoms with E-state index in [-0.39, 0.29) is 6.10 Å². The summed E-state index contributed by atoms with van der Waals surface area (Å²) in [5.74, 6) is 0. The average molecular weight is 182 g/mol. The van der Waals surface area contributed by atoms with Crippen LogP contribution in [0.25, 0.3) is 0 Å². The van der Waals surface area contributed by atoms with E-state index in [0.717, 1.165) is 19.3 Å². The van der Waals surface area contributed by atoms with Crippen molar-refractivity contribution in [1.82, 2.24) is 0 Å². The van der Waals surface area contributed by atoms with E-state index in [2.05, 4.69) is 33.4 Å². The lowest BCUT2D eigenvalue weighted by Crippen LogP contribution is -2.12. The van der Waals surface area contributed by atoms with Gasteiger partial charge in [0.15, 0.2) is 0 Å². The van der Waals surface area contributed by atoms with Crippen molar-refractivity contribution in [1.29, 1.82) is 0 Å². The first kappa shape index (κ1) is 12.4. The summed E-state index contributed by atoms with van der Waals surface area (Å²) in [7, 11) is 1.77. The molecule has 0 aromatic carbocycles. The zero-order chi connectivity index (χ0) is 10.3. The molecule has 0 aromatic rings. The van der Waals surface area contributed by atoms with E-state index >= 15 is 0 Å². The van der Waals surface area contributed by atoms with Crippen LogP contribution in [0.15, 0.2) is 23.8 Å². The highest BCUT2D eigenvalue weighted by Gasteiger charge is 2.08. The summed E-state index contributed by atoms with van der Waals surface area (Å²) in [5, 5.41) is 0. The van der Waals surface area contributed by atoms with Gasteiger partial charge in [0, 0.05) is 7.11 Å². The second kappa shape index (κ2) is 6.90. The van der Waals surface area contributed by atoms with Crippen molar-refractivity contribution in [3.05, 3.63) is 23.8 Å². The maximum Gasteiger partial charge on any atom is 0.0781 e. The Balaban J connectivity index is 4.02. The van der Waals surface area contributed by atoms with Gasteiger partial charge in [0.25, 0.3) is 0 Å². The Bertz CT molecular complexity index is 180. The van der Waals surface area contributed by atoms with Crippen LogP contribution in [0.5, 0.6) is 0 Å². The van der Waals surface area contributed by atoms with Crippen molar-refractivity contribution in [3.8, 4) is 0 Å². The molecular weight excluding hydrogens is 160 g/mol. The van der Waals surface area contributed by atoms with Crippen LogP contribution in [0.4, 0.5) is 0 Å². The SMILES string of the molecule is C=C(C)CCC(OC)C(C)=CCC. The fourth-order valence-corrected chi connectivity index (χ4v) is 1.36. The second-order valence-corrected chi connectivity index (χ2v) is 3.58. The van der Waals surface area contributed by atoms with Crippen molar-refractivity contribution in [2.75, 3.05) is 7.11 Å². The maximum atomic E-state index is 5.41. The number of methoxy groups -OCH3 is 1. The van der Waals surface area contributed by atoms with Crippen molar-refractivity contribution >= 4 is 0 Å². The zero-order valence-corrected chi connectivity index (χ0v) is 9.39. The first-order chi connectivity index (χ1) is 6.11. The van der Waals surface area contributed by atoms with Gasteiger partial charge in [0.05, 0.1) is 6.10 Å². The molecule has 0 rings (SSSR count). The Morgan fingerprint density at radius 3 is 2.46 bits per heavy atom. The van der Waals surface area contributed by atoms with Crippen LogP contribution in [-0.4, -0.2) is 13.2 Å². The minimum absolute atomic E-state index is 0.275. The fraction of sp³-hybridized carbons (Fsp3) is 0.667. The monoisotopic (exact) mass is 182 g/mol.